The van der Waals surface area contributed by atoms with Crippen molar-refractivity contribution in [1.29, 1.82) is 0 Å². The molecule has 2 heterocycles. The number of halogens is 1. The van der Waals surface area contributed by atoms with Gasteiger partial charge in [0.1, 0.15) is 11.5 Å². The molecule has 2 aromatic carbocycles. The standard InChI is InChI=1S/C22H20FN5/c1-4-13(2)14(3)25-19-12-24-28-21(19)22-26-18-10-6-9-17(20(18)27-22)15-7-5-8-16(23)11-15/h5-12,25H,2-4H2,1H3,(H,24,28)(H,26,27). The Labute approximate surface area is 162 Å². The maximum Gasteiger partial charge on any atom is 0.158 e. The maximum absolute atomic E-state index is 13.7. The van der Waals surface area contributed by atoms with Gasteiger partial charge in [0.2, 0.25) is 0 Å². The lowest BCUT2D eigenvalue weighted by molar-refractivity contribution is 0.628. The number of allylic oxidation sites excluding steroid dienone is 1. The van der Waals surface area contributed by atoms with Gasteiger partial charge < -0.3 is 10.3 Å². The minimum atomic E-state index is -0.278. The summed E-state index contributed by atoms with van der Waals surface area (Å²) in [5.41, 5.74) is 6.38. The van der Waals surface area contributed by atoms with Crippen molar-refractivity contribution in [3.63, 3.8) is 0 Å². The molecule has 28 heavy (non-hydrogen) atoms. The predicted octanol–water partition coefficient (Wildman–Crippen LogP) is 5.65. The van der Waals surface area contributed by atoms with Crippen molar-refractivity contribution in [3.8, 4) is 22.6 Å². The fraction of sp³-hybridized carbons (Fsp3) is 0.0909. The number of fused-ring (bicyclic) bond motifs is 1. The molecule has 0 spiro atoms. The number of hydrogen-bond acceptors (Lipinski definition) is 3. The summed E-state index contributed by atoms with van der Waals surface area (Å²) in [6.45, 7) is 10.0. The van der Waals surface area contributed by atoms with Crippen molar-refractivity contribution >= 4 is 16.7 Å². The van der Waals surface area contributed by atoms with Gasteiger partial charge in [-0.05, 0) is 35.8 Å². The molecule has 2 aromatic heterocycles. The molecule has 0 bridgehead atoms. The quantitative estimate of drug-likeness (QED) is 0.383. The van der Waals surface area contributed by atoms with Crippen molar-refractivity contribution in [2.24, 2.45) is 0 Å². The molecule has 0 fully saturated rings. The van der Waals surface area contributed by atoms with E-state index in [1.54, 1.807) is 12.3 Å². The van der Waals surface area contributed by atoms with E-state index in [0.29, 0.717) is 11.5 Å². The van der Waals surface area contributed by atoms with Crippen LogP contribution in [-0.2, 0) is 0 Å². The maximum atomic E-state index is 13.7. The van der Waals surface area contributed by atoms with Crippen LogP contribution in [0.5, 0.6) is 0 Å². The molecule has 4 rings (SSSR count). The summed E-state index contributed by atoms with van der Waals surface area (Å²) in [6, 6.07) is 12.3. The minimum absolute atomic E-state index is 0.278. The van der Waals surface area contributed by atoms with Crippen LogP contribution in [0.25, 0.3) is 33.7 Å². The molecule has 140 valence electrons. The van der Waals surface area contributed by atoms with Gasteiger partial charge in [-0.3, -0.25) is 5.10 Å². The van der Waals surface area contributed by atoms with E-state index in [9.17, 15) is 4.39 Å². The largest absolute Gasteiger partial charge is 0.353 e. The average Bonchev–Trinajstić information content (AvgIpc) is 3.33. The van der Waals surface area contributed by atoms with Crippen LogP contribution in [0, 0.1) is 5.82 Å². The van der Waals surface area contributed by atoms with Gasteiger partial charge in [0.05, 0.1) is 22.9 Å². The average molecular weight is 373 g/mol. The molecule has 6 heteroatoms. The molecule has 3 N–H and O–H groups in total. The molecule has 0 amide bonds. The zero-order chi connectivity index (χ0) is 19.7. The highest BCUT2D eigenvalue weighted by Gasteiger charge is 2.15. The monoisotopic (exact) mass is 373 g/mol. The van der Waals surface area contributed by atoms with Gasteiger partial charge in [0.25, 0.3) is 0 Å². The zero-order valence-electron chi connectivity index (χ0n) is 15.5. The van der Waals surface area contributed by atoms with Crippen molar-refractivity contribution in [2.75, 3.05) is 5.32 Å². The van der Waals surface area contributed by atoms with Gasteiger partial charge in [-0.25, -0.2) is 9.37 Å². The molecule has 0 aliphatic heterocycles. The number of benzene rings is 2. The lowest BCUT2D eigenvalue weighted by atomic mass is 10.0. The number of aromatic amines is 2. The van der Waals surface area contributed by atoms with Crippen LogP contribution in [0.3, 0.4) is 0 Å². The first-order valence-corrected chi connectivity index (χ1v) is 8.99. The molecule has 0 radical (unpaired) electrons. The number of hydrogen-bond donors (Lipinski definition) is 3. The summed E-state index contributed by atoms with van der Waals surface area (Å²) in [7, 11) is 0. The smallest absolute Gasteiger partial charge is 0.158 e. The van der Waals surface area contributed by atoms with Crippen LogP contribution in [0.1, 0.15) is 13.3 Å². The highest BCUT2D eigenvalue weighted by molar-refractivity contribution is 5.94. The first-order chi connectivity index (χ1) is 13.6. The molecule has 0 saturated heterocycles. The van der Waals surface area contributed by atoms with Crippen molar-refractivity contribution < 1.29 is 4.39 Å². The summed E-state index contributed by atoms with van der Waals surface area (Å²) in [4.78, 5) is 8.06. The van der Waals surface area contributed by atoms with Gasteiger partial charge in [-0.15, -0.1) is 0 Å². The number of imidazole rings is 1. The van der Waals surface area contributed by atoms with Gasteiger partial charge in [0.15, 0.2) is 5.82 Å². The SMILES string of the molecule is C=C(CC)C(=C)Nc1cn[nH]c1-c1nc2c(-c3cccc(F)c3)cccc2[nH]1. The second-order valence-corrected chi connectivity index (χ2v) is 6.52. The predicted molar refractivity (Wildman–Crippen MR) is 111 cm³/mol. The Bertz CT molecular complexity index is 1180. The van der Waals surface area contributed by atoms with Gasteiger partial charge in [-0.2, -0.15) is 5.10 Å². The molecule has 0 saturated carbocycles. The topological polar surface area (TPSA) is 69.4 Å². The fourth-order valence-electron chi connectivity index (χ4n) is 3.07. The molecule has 0 unspecified atom stereocenters. The summed E-state index contributed by atoms with van der Waals surface area (Å²) in [5.74, 6) is 0.355. The first-order valence-electron chi connectivity index (χ1n) is 8.99. The van der Waals surface area contributed by atoms with E-state index in [1.165, 1.54) is 12.1 Å². The second-order valence-electron chi connectivity index (χ2n) is 6.52. The summed E-state index contributed by atoms with van der Waals surface area (Å²) >= 11 is 0. The Morgan fingerprint density at radius 3 is 2.79 bits per heavy atom. The molecular weight excluding hydrogens is 353 g/mol. The minimum Gasteiger partial charge on any atom is -0.353 e. The van der Waals surface area contributed by atoms with Crippen LogP contribution < -0.4 is 5.32 Å². The second kappa shape index (κ2) is 7.15. The number of aromatic nitrogens is 4. The summed E-state index contributed by atoms with van der Waals surface area (Å²) < 4.78 is 13.7. The van der Waals surface area contributed by atoms with E-state index >= 15 is 0 Å². The van der Waals surface area contributed by atoms with Gasteiger partial charge in [0, 0.05) is 11.3 Å². The van der Waals surface area contributed by atoms with Crippen LogP contribution in [-0.4, -0.2) is 20.2 Å². The molecule has 0 aliphatic rings. The Morgan fingerprint density at radius 2 is 2.00 bits per heavy atom. The lowest BCUT2D eigenvalue weighted by Crippen LogP contribution is -2.00. The summed E-state index contributed by atoms with van der Waals surface area (Å²) in [5, 5.41) is 10.3. The summed E-state index contributed by atoms with van der Waals surface area (Å²) in [6.07, 6.45) is 2.49. The third-order valence-corrected chi connectivity index (χ3v) is 4.66. The van der Waals surface area contributed by atoms with Gasteiger partial charge >= 0.3 is 0 Å². The van der Waals surface area contributed by atoms with Crippen LogP contribution >= 0.6 is 0 Å². The number of rotatable bonds is 6. The molecular formula is C22H20FN5. The third kappa shape index (κ3) is 3.20. The van der Waals surface area contributed by atoms with Crippen LogP contribution in [0.4, 0.5) is 10.1 Å². The van der Waals surface area contributed by atoms with E-state index in [2.05, 4.69) is 33.7 Å². The lowest BCUT2D eigenvalue weighted by Gasteiger charge is -2.09. The van der Waals surface area contributed by atoms with Crippen molar-refractivity contribution in [1.82, 2.24) is 20.2 Å². The highest BCUT2D eigenvalue weighted by Crippen LogP contribution is 2.32. The Hall–Kier alpha value is -3.67. The fourth-order valence-corrected chi connectivity index (χ4v) is 3.07. The molecule has 0 aliphatic carbocycles. The number of anilines is 1. The number of nitrogens with one attached hydrogen (secondary N) is 3. The van der Waals surface area contributed by atoms with E-state index < -0.39 is 0 Å². The number of H-pyrrole nitrogens is 2. The Kier molecular flexibility index (Phi) is 4.53. The molecule has 5 nitrogen and oxygen atoms in total. The van der Waals surface area contributed by atoms with E-state index in [-0.39, 0.29) is 5.82 Å². The molecule has 0 atom stereocenters. The zero-order valence-corrected chi connectivity index (χ0v) is 15.5. The first kappa shape index (κ1) is 17.7. The van der Waals surface area contributed by atoms with E-state index in [4.69, 9.17) is 4.98 Å². The van der Waals surface area contributed by atoms with E-state index in [1.807, 2.05) is 31.2 Å². The van der Waals surface area contributed by atoms with Gasteiger partial charge in [-0.1, -0.05) is 44.3 Å². The highest BCUT2D eigenvalue weighted by atomic mass is 19.1. The number of nitrogens with zero attached hydrogens (tertiary/aromatic N) is 2. The van der Waals surface area contributed by atoms with Crippen LogP contribution in [0.2, 0.25) is 0 Å². The molecule has 4 aromatic rings. The number of para-hydroxylation sites is 1. The normalized spacial score (nSPS) is 10.9. The van der Waals surface area contributed by atoms with Crippen molar-refractivity contribution in [2.45, 2.75) is 13.3 Å². The van der Waals surface area contributed by atoms with Crippen molar-refractivity contribution in [3.05, 3.63) is 78.9 Å². The Morgan fingerprint density at radius 1 is 1.18 bits per heavy atom. The van der Waals surface area contributed by atoms with Crippen LogP contribution in [0.15, 0.2) is 73.1 Å². The van der Waals surface area contributed by atoms with E-state index in [0.717, 1.165) is 45.5 Å². The third-order valence-electron chi connectivity index (χ3n) is 4.66. The Balaban J connectivity index is 1.76.